The summed E-state index contributed by atoms with van der Waals surface area (Å²) in [4.78, 5) is 0. The molecule has 0 heterocycles. The van der Waals surface area contributed by atoms with Gasteiger partial charge in [0.15, 0.2) is 0 Å². The van der Waals surface area contributed by atoms with Gasteiger partial charge in [-0.25, -0.2) is 0 Å². The molecule has 0 nitrogen and oxygen atoms in total. The van der Waals surface area contributed by atoms with E-state index in [-0.39, 0.29) is 0 Å². The molecular formula is C25H18. The third-order valence-corrected chi connectivity index (χ3v) is 5.90. The van der Waals surface area contributed by atoms with Crippen molar-refractivity contribution < 1.29 is 0 Å². The van der Waals surface area contributed by atoms with Crippen molar-refractivity contribution in [3.8, 4) is 0 Å². The largest absolute Gasteiger partial charge is 0.0616 e. The Balaban J connectivity index is 1.87. The van der Waals surface area contributed by atoms with Crippen LogP contribution in [0.4, 0.5) is 0 Å². The molecule has 5 aromatic rings. The fourth-order valence-corrected chi connectivity index (χ4v) is 4.82. The first-order chi connectivity index (χ1) is 12.4. The van der Waals surface area contributed by atoms with Gasteiger partial charge in [-0.3, -0.25) is 0 Å². The standard InChI is InChI=1S/C25H18/c1-2-7-17-15-24-19(12-16(17)6-1)14-20-13-18-8-3-4-9-21(18)22-10-5-11-23(24)25(20)22/h1-4,6-9,12-15H,5,10-11H2. The Morgan fingerprint density at radius 3 is 1.92 bits per heavy atom. The molecule has 0 heteroatoms. The average molecular weight is 318 g/mol. The summed E-state index contributed by atoms with van der Waals surface area (Å²) in [5.41, 5.74) is 3.12. The zero-order chi connectivity index (χ0) is 16.4. The van der Waals surface area contributed by atoms with Gasteiger partial charge in [-0.15, -0.1) is 0 Å². The summed E-state index contributed by atoms with van der Waals surface area (Å²) in [5, 5.41) is 11.2. The number of rotatable bonds is 0. The van der Waals surface area contributed by atoms with Crippen LogP contribution in [0.2, 0.25) is 0 Å². The first-order valence-electron chi connectivity index (χ1n) is 9.17. The highest BCUT2D eigenvalue weighted by Gasteiger charge is 2.18. The van der Waals surface area contributed by atoms with E-state index in [0.29, 0.717) is 0 Å². The molecule has 0 saturated carbocycles. The van der Waals surface area contributed by atoms with Crippen LogP contribution in [0.15, 0.2) is 72.8 Å². The molecule has 0 N–H and O–H groups in total. The van der Waals surface area contributed by atoms with Gasteiger partial charge in [0.2, 0.25) is 0 Å². The minimum atomic E-state index is 1.19. The molecule has 1 aliphatic rings. The summed E-state index contributed by atoms with van der Waals surface area (Å²) >= 11 is 0. The van der Waals surface area contributed by atoms with Crippen LogP contribution in [0, 0.1) is 0 Å². The fourth-order valence-electron chi connectivity index (χ4n) is 4.82. The molecule has 25 heavy (non-hydrogen) atoms. The lowest BCUT2D eigenvalue weighted by Crippen LogP contribution is -2.03. The highest BCUT2D eigenvalue weighted by Crippen LogP contribution is 2.40. The number of fused-ring (bicyclic) bond motifs is 5. The zero-order valence-corrected chi connectivity index (χ0v) is 14.0. The van der Waals surface area contributed by atoms with Crippen LogP contribution >= 0.6 is 0 Å². The molecule has 0 aromatic heterocycles. The molecule has 1 aliphatic carbocycles. The van der Waals surface area contributed by atoms with Crippen LogP contribution in [0.3, 0.4) is 0 Å². The van der Waals surface area contributed by atoms with Gasteiger partial charge in [-0.1, -0.05) is 48.5 Å². The maximum absolute atomic E-state index is 2.41. The second-order valence-corrected chi connectivity index (χ2v) is 7.30. The summed E-state index contributed by atoms with van der Waals surface area (Å²) in [6, 6.07) is 27.2. The Morgan fingerprint density at radius 1 is 0.480 bits per heavy atom. The molecule has 0 unspecified atom stereocenters. The van der Waals surface area contributed by atoms with Crippen molar-refractivity contribution in [2.75, 3.05) is 0 Å². The summed E-state index contributed by atoms with van der Waals surface area (Å²) < 4.78 is 0. The molecule has 0 amide bonds. The van der Waals surface area contributed by atoms with Gasteiger partial charge in [0.25, 0.3) is 0 Å². The van der Waals surface area contributed by atoms with E-state index < -0.39 is 0 Å². The van der Waals surface area contributed by atoms with E-state index in [1.54, 1.807) is 11.1 Å². The highest BCUT2D eigenvalue weighted by atomic mass is 14.2. The Hall–Kier alpha value is -2.86. The monoisotopic (exact) mass is 318 g/mol. The smallest absolute Gasteiger partial charge is 0.0107 e. The average Bonchev–Trinajstić information content (AvgIpc) is 2.67. The molecule has 0 bridgehead atoms. The van der Waals surface area contributed by atoms with Gasteiger partial charge in [0.1, 0.15) is 0 Å². The van der Waals surface area contributed by atoms with Crippen molar-refractivity contribution in [1.29, 1.82) is 0 Å². The minimum absolute atomic E-state index is 1.19. The van der Waals surface area contributed by atoms with Crippen molar-refractivity contribution in [3.05, 3.63) is 83.9 Å². The second kappa shape index (κ2) is 4.83. The Bertz CT molecular complexity index is 1310. The fraction of sp³-hybridized carbons (Fsp3) is 0.120. The lowest BCUT2D eigenvalue weighted by Gasteiger charge is -2.22. The Kier molecular flexibility index (Phi) is 2.59. The predicted molar refractivity (Wildman–Crippen MR) is 108 cm³/mol. The Morgan fingerprint density at radius 2 is 1.08 bits per heavy atom. The van der Waals surface area contributed by atoms with Crippen molar-refractivity contribution in [2.24, 2.45) is 0 Å². The van der Waals surface area contributed by atoms with Gasteiger partial charge >= 0.3 is 0 Å². The van der Waals surface area contributed by atoms with E-state index in [2.05, 4.69) is 72.8 Å². The van der Waals surface area contributed by atoms with Crippen molar-refractivity contribution >= 4 is 43.1 Å². The number of hydrogen-bond donors (Lipinski definition) is 0. The topological polar surface area (TPSA) is 0 Å². The van der Waals surface area contributed by atoms with E-state index in [1.165, 1.54) is 62.4 Å². The van der Waals surface area contributed by atoms with Crippen LogP contribution in [0.1, 0.15) is 17.5 Å². The van der Waals surface area contributed by atoms with E-state index in [9.17, 15) is 0 Å². The third kappa shape index (κ3) is 1.83. The number of hydrogen-bond acceptors (Lipinski definition) is 0. The number of benzene rings is 5. The van der Waals surface area contributed by atoms with Crippen molar-refractivity contribution in [1.82, 2.24) is 0 Å². The molecule has 118 valence electrons. The predicted octanol–water partition coefficient (Wildman–Crippen LogP) is 6.79. The first-order valence-corrected chi connectivity index (χ1v) is 9.17. The Labute approximate surface area is 146 Å². The SMILES string of the molecule is c1ccc2cc3c4c5c(c6ccccc6cc5cc3cc2c1)CCC4. The van der Waals surface area contributed by atoms with Crippen LogP contribution in [-0.4, -0.2) is 0 Å². The number of aryl methyl sites for hydroxylation is 2. The summed E-state index contributed by atoms with van der Waals surface area (Å²) in [7, 11) is 0. The van der Waals surface area contributed by atoms with Crippen LogP contribution in [-0.2, 0) is 12.8 Å². The summed E-state index contributed by atoms with van der Waals surface area (Å²) in [5.74, 6) is 0. The molecule has 0 fully saturated rings. The molecule has 0 saturated heterocycles. The summed E-state index contributed by atoms with van der Waals surface area (Å²) in [6.45, 7) is 0. The molecule has 0 aliphatic heterocycles. The second-order valence-electron chi connectivity index (χ2n) is 7.30. The molecule has 6 rings (SSSR count). The van der Waals surface area contributed by atoms with E-state index in [1.807, 2.05) is 0 Å². The van der Waals surface area contributed by atoms with Gasteiger partial charge < -0.3 is 0 Å². The zero-order valence-electron chi connectivity index (χ0n) is 14.0. The third-order valence-electron chi connectivity index (χ3n) is 5.90. The molecule has 0 atom stereocenters. The van der Waals surface area contributed by atoms with Gasteiger partial charge in [-0.2, -0.15) is 0 Å². The van der Waals surface area contributed by atoms with Crippen molar-refractivity contribution in [2.45, 2.75) is 19.3 Å². The lowest BCUT2D eigenvalue weighted by molar-refractivity contribution is 0.818. The maximum atomic E-state index is 2.41. The molecule has 5 aromatic carbocycles. The molecular weight excluding hydrogens is 300 g/mol. The molecule has 0 radical (unpaired) electrons. The van der Waals surface area contributed by atoms with Crippen LogP contribution in [0.5, 0.6) is 0 Å². The van der Waals surface area contributed by atoms with E-state index >= 15 is 0 Å². The lowest BCUT2D eigenvalue weighted by atomic mass is 9.82. The van der Waals surface area contributed by atoms with Crippen molar-refractivity contribution in [3.63, 3.8) is 0 Å². The highest BCUT2D eigenvalue weighted by molar-refractivity contribution is 6.13. The van der Waals surface area contributed by atoms with Gasteiger partial charge in [0, 0.05) is 0 Å². The molecule has 0 spiro atoms. The van der Waals surface area contributed by atoms with E-state index in [0.717, 1.165) is 0 Å². The normalized spacial score (nSPS) is 13.9. The minimum Gasteiger partial charge on any atom is -0.0616 e. The quantitative estimate of drug-likeness (QED) is 0.276. The van der Waals surface area contributed by atoms with E-state index in [4.69, 9.17) is 0 Å². The maximum Gasteiger partial charge on any atom is -0.0107 e. The van der Waals surface area contributed by atoms with Crippen LogP contribution < -0.4 is 0 Å². The van der Waals surface area contributed by atoms with Gasteiger partial charge in [-0.05, 0) is 97.7 Å². The summed E-state index contributed by atoms with van der Waals surface area (Å²) in [6.07, 6.45) is 3.64. The van der Waals surface area contributed by atoms with Gasteiger partial charge in [0.05, 0.1) is 0 Å². The first kappa shape index (κ1) is 13.4. The van der Waals surface area contributed by atoms with Crippen LogP contribution in [0.25, 0.3) is 43.1 Å².